The number of rotatable bonds is 2. The lowest BCUT2D eigenvalue weighted by Crippen LogP contribution is -2.54. The summed E-state index contributed by atoms with van der Waals surface area (Å²) in [5, 5.41) is 11.9. The summed E-state index contributed by atoms with van der Waals surface area (Å²) in [5.41, 5.74) is -0.237. The van der Waals surface area contributed by atoms with Gasteiger partial charge in [0, 0.05) is 30.9 Å². The number of nitrogens with zero attached hydrogens (tertiary/aromatic N) is 3. The molecular weight excluding hydrogens is 313 g/mol. The molecule has 1 aromatic rings. The monoisotopic (exact) mass is 330 g/mol. The number of aryl methyl sites for hydroxylation is 1. The number of hydrogen-bond donors (Lipinski definition) is 2. The van der Waals surface area contributed by atoms with Gasteiger partial charge < -0.3 is 15.3 Å². The summed E-state index contributed by atoms with van der Waals surface area (Å²) in [6.45, 7) is 0.782. The van der Waals surface area contributed by atoms with Gasteiger partial charge in [-0.25, -0.2) is 9.97 Å². The fraction of sp³-hybridized carbons (Fsp3) is 0.643. The van der Waals surface area contributed by atoms with Crippen molar-refractivity contribution in [2.24, 2.45) is 0 Å². The first-order valence-electron chi connectivity index (χ1n) is 7.54. The van der Waals surface area contributed by atoms with E-state index in [1.54, 1.807) is 0 Å². The lowest BCUT2D eigenvalue weighted by atomic mass is 9.94. The van der Waals surface area contributed by atoms with Crippen LogP contribution in [-0.4, -0.2) is 46.7 Å². The van der Waals surface area contributed by atoms with Gasteiger partial charge in [0.25, 0.3) is 0 Å². The molecule has 1 aromatic heterocycles. The predicted octanol–water partition coefficient (Wildman–Crippen LogP) is 1.24. The second-order valence-corrected chi connectivity index (χ2v) is 5.79. The van der Waals surface area contributed by atoms with Crippen LogP contribution in [0.2, 0.25) is 0 Å². The number of fused-ring (bicyclic) bond motifs is 1. The van der Waals surface area contributed by atoms with Crippen molar-refractivity contribution in [3.05, 3.63) is 17.0 Å². The van der Waals surface area contributed by atoms with Crippen LogP contribution in [0.4, 0.5) is 19.1 Å². The lowest BCUT2D eigenvalue weighted by Gasteiger charge is -2.32. The highest BCUT2D eigenvalue weighted by Crippen LogP contribution is 2.35. The quantitative estimate of drug-likeness (QED) is 0.849. The molecule has 0 spiro atoms. The van der Waals surface area contributed by atoms with Crippen LogP contribution in [0.3, 0.4) is 0 Å². The lowest BCUT2D eigenvalue weighted by molar-refractivity contribution is -0.142. The molecule has 1 aliphatic carbocycles. The summed E-state index contributed by atoms with van der Waals surface area (Å²) in [6.07, 6.45) is -2.18. The Kier molecular flexibility index (Phi) is 4.13. The van der Waals surface area contributed by atoms with Gasteiger partial charge in [-0.15, -0.1) is 0 Å². The Hall–Kier alpha value is -1.90. The molecule has 2 heterocycles. The largest absolute Gasteiger partial charge is 0.480 e. The molecule has 1 saturated heterocycles. The van der Waals surface area contributed by atoms with Crippen LogP contribution in [0.25, 0.3) is 0 Å². The first-order chi connectivity index (χ1) is 10.9. The van der Waals surface area contributed by atoms with Crippen molar-refractivity contribution in [3.8, 4) is 0 Å². The predicted molar refractivity (Wildman–Crippen MR) is 75.3 cm³/mol. The number of aromatic nitrogens is 2. The Bertz CT molecular complexity index is 621. The molecule has 0 bridgehead atoms. The molecule has 0 aromatic carbocycles. The van der Waals surface area contributed by atoms with E-state index in [0.717, 1.165) is 6.42 Å². The third kappa shape index (κ3) is 3.24. The van der Waals surface area contributed by atoms with Crippen LogP contribution in [0.15, 0.2) is 0 Å². The average Bonchev–Trinajstić information content (AvgIpc) is 2.53. The van der Waals surface area contributed by atoms with Crippen LogP contribution in [0.5, 0.6) is 0 Å². The number of nitrogens with one attached hydrogen (secondary N) is 1. The number of aliphatic carboxylic acids is 1. The molecule has 1 fully saturated rings. The van der Waals surface area contributed by atoms with E-state index in [2.05, 4.69) is 15.3 Å². The minimum Gasteiger partial charge on any atom is -0.480 e. The van der Waals surface area contributed by atoms with Gasteiger partial charge in [0.1, 0.15) is 6.04 Å². The fourth-order valence-electron chi connectivity index (χ4n) is 3.05. The third-order valence-corrected chi connectivity index (χ3v) is 4.20. The summed E-state index contributed by atoms with van der Waals surface area (Å²) in [6, 6.07) is -0.835. The molecule has 126 valence electrons. The Morgan fingerprint density at radius 2 is 2.00 bits per heavy atom. The van der Waals surface area contributed by atoms with Gasteiger partial charge in [0.2, 0.25) is 5.95 Å². The van der Waals surface area contributed by atoms with Gasteiger partial charge in [0.15, 0.2) is 5.69 Å². The standard InChI is InChI=1S/C14H17F3N4O2/c15-14(16,17)11-8-3-1-2-4-9(8)19-13(20-11)21-6-5-18-10(7-21)12(22)23/h10,18H,1-7H2,(H,22,23)/t10-/m1/s1. The molecule has 6 nitrogen and oxygen atoms in total. The summed E-state index contributed by atoms with van der Waals surface area (Å²) in [7, 11) is 0. The maximum absolute atomic E-state index is 13.3. The second-order valence-electron chi connectivity index (χ2n) is 5.79. The SMILES string of the molecule is O=C(O)[C@H]1CN(c2nc3c(c(C(F)(F)F)n2)CCCC3)CCN1. The van der Waals surface area contributed by atoms with E-state index in [9.17, 15) is 18.0 Å². The van der Waals surface area contributed by atoms with Gasteiger partial charge in [-0.1, -0.05) is 0 Å². The average molecular weight is 330 g/mol. The number of halogens is 3. The highest BCUT2D eigenvalue weighted by molar-refractivity contribution is 5.74. The molecule has 1 atom stereocenters. The van der Waals surface area contributed by atoms with E-state index in [1.807, 2.05) is 0 Å². The molecule has 23 heavy (non-hydrogen) atoms. The molecule has 0 amide bonds. The second kappa shape index (κ2) is 5.95. The smallest absolute Gasteiger partial charge is 0.433 e. The van der Waals surface area contributed by atoms with E-state index >= 15 is 0 Å². The topological polar surface area (TPSA) is 78.3 Å². The maximum Gasteiger partial charge on any atom is 0.433 e. The van der Waals surface area contributed by atoms with Crippen molar-refractivity contribution in [1.29, 1.82) is 0 Å². The number of alkyl halides is 3. The number of hydrogen-bond acceptors (Lipinski definition) is 5. The van der Waals surface area contributed by atoms with Gasteiger partial charge >= 0.3 is 12.1 Å². The number of carbonyl (C=O) groups is 1. The Balaban J connectivity index is 1.98. The first-order valence-corrected chi connectivity index (χ1v) is 7.54. The van der Waals surface area contributed by atoms with E-state index in [-0.39, 0.29) is 18.1 Å². The van der Waals surface area contributed by atoms with Crippen LogP contribution < -0.4 is 10.2 Å². The normalized spacial score (nSPS) is 21.9. The minimum atomic E-state index is -4.53. The molecule has 0 radical (unpaired) electrons. The van der Waals surface area contributed by atoms with Crippen LogP contribution in [0.1, 0.15) is 29.8 Å². The fourth-order valence-corrected chi connectivity index (χ4v) is 3.05. The molecule has 9 heteroatoms. The zero-order valence-corrected chi connectivity index (χ0v) is 12.4. The Morgan fingerprint density at radius 1 is 1.26 bits per heavy atom. The van der Waals surface area contributed by atoms with E-state index in [1.165, 1.54) is 4.90 Å². The Morgan fingerprint density at radius 3 is 2.70 bits per heavy atom. The molecule has 0 saturated carbocycles. The van der Waals surface area contributed by atoms with Crippen LogP contribution >= 0.6 is 0 Å². The molecule has 2 N–H and O–H groups in total. The summed E-state index contributed by atoms with van der Waals surface area (Å²) >= 11 is 0. The first kappa shape index (κ1) is 16.0. The number of piperazine rings is 1. The van der Waals surface area contributed by atoms with Gasteiger partial charge in [-0.05, 0) is 25.7 Å². The van der Waals surface area contributed by atoms with Gasteiger partial charge in [0.05, 0.1) is 0 Å². The molecule has 2 aliphatic rings. The molecule has 1 aliphatic heterocycles. The number of anilines is 1. The van der Waals surface area contributed by atoms with E-state index < -0.39 is 23.9 Å². The summed E-state index contributed by atoms with van der Waals surface area (Å²) < 4.78 is 39.9. The van der Waals surface area contributed by atoms with Crippen molar-refractivity contribution in [2.75, 3.05) is 24.5 Å². The number of carboxylic acids is 1. The molecule has 0 unspecified atom stereocenters. The highest BCUT2D eigenvalue weighted by Gasteiger charge is 2.39. The number of carboxylic acid groups (broad SMARTS) is 1. The van der Waals surface area contributed by atoms with Crippen LogP contribution in [-0.2, 0) is 23.8 Å². The van der Waals surface area contributed by atoms with Crippen molar-refractivity contribution >= 4 is 11.9 Å². The van der Waals surface area contributed by atoms with Crippen molar-refractivity contribution < 1.29 is 23.1 Å². The van der Waals surface area contributed by atoms with Crippen molar-refractivity contribution in [3.63, 3.8) is 0 Å². The van der Waals surface area contributed by atoms with Gasteiger partial charge in [-0.3, -0.25) is 4.79 Å². The maximum atomic E-state index is 13.3. The summed E-state index contributed by atoms with van der Waals surface area (Å²) in [4.78, 5) is 20.6. The summed E-state index contributed by atoms with van der Waals surface area (Å²) in [5.74, 6) is -1.06. The van der Waals surface area contributed by atoms with E-state index in [0.29, 0.717) is 38.0 Å². The van der Waals surface area contributed by atoms with Gasteiger partial charge in [-0.2, -0.15) is 13.2 Å². The third-order valence-electron chi connectivity index (χ3n) is 4.20. The Labute approximate surface area is 130 Å². The minimum absolute atomic E-state index is 0.0225. The zero-order chi connectivity index (χ0) is 16.6. The van der Waals surface area contributed by atoms with Crippen molar-refractivity contribution in [2.45, 2.75) is 37.9 Å². The van der Waals surface area contributed by atoms with Crippen LogP contribution in [0, 0.1) is 0 Å². The zero-order valence-electron chi connectivity index (χ0n) is 12.4. The van der Waals surface area contributed by atoms with E-state index in [4.69, 9.17) is 5.11 Å². The molecular formula is C14H17F3N4O2. The highest BCUT2D eigenvalue weighted by atomic mass is 19.4. The molecule has 3 rings (SSSR count). The van der Waals surface area contributed by atoms with Crippen molar-refractivity contribution in [1.82, 2.24) is 15.3 Å².